The number of hydrogen-bond acceptors (Lipinski definition) is 5. The van der Waals surface area contributed by atoms with Crippen LogP contribution in [0.3, 0.4) is 0 Å². The smallest absolute Gasteiger partial charge is 0.273 e. The van der Waals surface area contributed by atoms with Crippen molar-refractivity contribution in [3.8, 4) is 11.3 Å². The standard InChI is InChI=1S/C21H23N3O2S/c25-21(17-14-19(26-23-17)16-8-3-1-4-9-16)22-15-18(20-10-7-13-27-20)24-11-5-2-6-12-24/h1,3-4,7-10,13-14,18H,2,5-6,11-12,15H2,(H,22,25)/t18-/m1/s1. The molecule has 0 aliphatic carbocycles. The molecule has 2 aromatic heterocycles. The zero-order valence-corrected chi connectivity index (χ0v) is 16.0. The second-order valence-electron chi connectivity index (χ2n) is 6.78. The van der Waals surface area contributed by atoms with Crippen LogP contribution in [-0.2, 0) is 0 Å². The van der Waals surface area contributed by atoms with Gasteiger partial charge in [-0.3, -0.25) is 9.69 Å². The molecule has 27 heavy (non-hydrogen) atoms. The minimum Gasteiger partial charge on any atom is -0.355 e. The molecule has 0 saturated carbocycles. The first-order valence-corrected chi connectivity index (χ1v) is 10.3. The lowest BCUT2D eigenvalue weighted by Gasteiger charge is -2.34. The molecule has 3 aromatic rings. The minimum atomic E-state index is -0.195. The predicted octanol–water partition coefficient (Wildman–Crippen LogP) is 4.36. The van der Waals surface area contributed by atoms with Crippen molar-refractivity contribution in [2.24, 2.45) is 0 Å². The van der Waals surface area contributed by atoms with Gasteiger partial charge in [0.1, 0.15) is 0 Å². The van der Waals surface area contributed by atoms with E-state index < -0.39 is 0 Å². The van der Waals surface area contributed by atoms with E-state index in [-0.39, 0.29) is 11.9 Å². The van der Waals surface area contributed by atoms with E-state index in [1.165, 1.54) is 24.1 Å². The molecular formula is C21H23N3O2S. The number of carbonyl (C=O) groups excluding carboxylic acids is 1. The Morgan fingerprint density at radius 1 is 1.15 bits per heavy atom. The molecule has 3 heterocycles. The molecule has 1 aliphatic heterocycles. The first kappa shape index (κ1) is 17.9. The van der Waals surface area contributed by atoms with E-state index in [9.17, 15) is 4.79 Å². The SMILES string of the molecule is O=C(NC[C@H](c1cccs1)N1CCCCC1)c1cc(-c2ccccc2)on1. The van der Waals surface area contributed by atoms with Crippen molar-refractivity contribution < 1.29 is 9.32 Å². The fourth-order valence-electron chi connectivity index (χ4n) is 3.52. The highest BCUT2D eigenvalue weighted by molar-refractivity contribution is 7.10. The summed E-state index contributed by atoms with van der Waals surface area (Å²) in [5.41, 5.74) is 1.23. The summed E-state index contributed by atoms with van der Waals surface area (Å²) in [6.45, 7) is 2.74. The fraction of sp³-hybridized carbons (Fsp3) is 0.333. The topological polar surface area (TPSA) is 58.4 Å². The van der Waals surface area contributed by atoms with Gasteiger partial charge in [0.25, 0.3) is 5.91 Å². The van der Waals surface area contributed by atoms with E-state index >= 15 is 0 Å². The predicted molar refractivity (Wildman–Crippen MR) is 107 cm³/mol. The summed E-state index contributed by atoms with van der Waals surface area (Å²) in [4.78, 5) is 16.4. The number of likely N-dealkylation sites (tertiary alicyclic amines) is 1. The average molecular weight is 382 g/mol. The van der Waals surface area contributed by atoms with Gasteiger partial charge in [0.05, 0.1) is 6.04 Å². The van der Waals surface area contributed by atoms with Crippen LogP contribution in [0.15, 0.2) is 58.4 Å². The first-order valence-electron chi connectivity index (χ1n) is 9.39. The maximum absolute atomic E-state index is 12.6. The van der Waals surface area contributed by atoms with Crippen LogP contribution in [0.2, 0.25) is 0 Å². The van der Waals surface area contributed by atoms with Crippen LogP contribution in [0.5, 0.6) is 0 Å². The van der Waals surface area contributed by atoms with E-state index in [0.717, 1.165) is 18.7 Å². The number of nitrogens with zero attached hydrogens (tertiary/aromatic N) is 2. The Bertz CT molecular complexity index is 855. The lowest BCUT2D eigenvalue weighted by Crippen LogP contribution is -2.40. The molecule has 0 unspecified atom stereocenters. The number of aromatic nitrogens is 1. The first-order chi connectivity index (χ1) is 13.3. The summed E-state index contributed by atoms with van der Waals surface area (Å²) in [7, 11) is 0. The normalized spacial score (nSPS) is 16.1. The molecule has 1 saturated heterocycles. The quantitative estimate of drug-likeness (QED) is 0.689. The summed E-state index contributed by atoms with van der Waals surface area (Å²) in [5.74, 6) is 0.408. The highest BCUT2D eigenvalue weighted by atomic mass is 32.1. The molecule has 0 spiro atoms. The molecule has 140 valence electrons. The number of thiophene rings is 1. The number of hydrogen-bond donors (Lipinski definition) is 1. The molecule has 1 fully saturated rings. The maximum Gasteiger partial charge on any atom is 0.273 e. The van der Waals surface area contributed by atoms with Crippen LogP contribution in [-0.4, -0.2) is 35.6 Å². The molecule has 0 radical (unpaired) electrons. The molecular weight excluding hydrogens is 358 g/mol. The highest BCUT2D eigenvalue weighted by Crippen LogP contribution is 2.27. The average Bonchev–Trinajstić information content (AvgIpc) is 3.42. The van der Waals surface area contributed by atoms with Crippen molar-refractivity contribution in [1.82, 2.24) is 15.4 Å². The van der Waals surface area contributed by atoms with Gasteiger partial charge >= 0.3 is 0 Å². The van der Waals surface area contributed by atoms with E-state index in [4.69, 9.17) is 4.52 Å². The summed E-state index contributed by atoms with van der Waals surface area (Å²) in [6.07, 6.45) is 3.74. The van der Waals surface area contributed by atoms with Gasteiger partial charge in [0, 0.05) is 23.1 Å². The number of amides is 1. The molecule has 5 nitrogen and oxygen atoms in total. The van der Waals surface area contributed by atoms with Crippen molar-refractivity contribution in [3.63, 3.8) is 0 Å². The Kier molecular flexibility index (Phi) is 5.65. The lowest BCUT2D eigenvalue weighted by molar-refractivity contribution is 0.0917. The monoisotopic (exact) mass is 381 g/mol. The summed E-state index contributed by atoms with van der Waals surface area (Å²) in [5, 5.41) is 9.10. The molecule has 4 rings (SSSR count). The third kappa shape index (κ3) is 4.28. The van der Waals surface area contributed by atoms with Gasteiger partial charge in [0.2, 0.25) is 0 Å². The van der Waals surface area contributed by atoms with Crippen molar-refractivity contribution in [1.29, 1.82) is 0 Å². The Morgan fingerprint density at radius 3 is 2.70 bits per heavy atom. The molecule has 1 atom stereocenters. The van der Waals surface area contributed by atoms with E-state index in [0.29, 0.717) is 18.0 Å². The summed E-state index contributed by atoms with van der Waals surface area (Å²) < 4.78 is 5.35. The van der Waals surface area contributed by atoms with Crippen molar-refractivity contribution in [3.05, 3.63) is 64.5 Å². The molecule has 1 N–H and O–H groups in total. The maximum atomic E-state index is 12.6. The van der Waals surface area contributed by atoms with E-state index in [1.807, 2.05) is 30.3 Å². The Balaban J connectivity index is 1.43. The van der Waals surface area contributed by atoms with Gasteiger partial charge in [-0.1, -0.05) is 48.0 Å². The minimum absolute atomic E-state index is 0.195. The van der Waals surface area contributed by atoms with E-state index in [1.54, 1.807) is 17.4 Å². The second kappa shape index (κ2) is 8.50. The van der Waals surface area contributed by atoms with Gasteiger partial charge in [-0.2, -0.15) is 0 Å². The number of nitrogens with one attached hydrogen (secondary N) is 1. The van der Waals surface area contributed by atoms with Gasteiger partial charge < -0.3 is 9.84 Å². The third-order valence-electron chi connectivity index (χ3n) is 4.96. The lowest BCUT2D eigenvalue weighted by atomic mass is 10.1. The number of piperidine rings is 1. The Hall–Kier alpha value is -2.44. The largest absolute Gasteiger partial charge is 0.355 e. The van der Waals surface area contributed by atoms with Crippen molar-refractivity contribution in [2.45, 2.75) is 25.3 Å². The Morgan fingerprint density at radius 2 is 1.96 bits per heavy atom. The molecule has 1 aliphatic rings. The third-order valence-corrected chi connectivity index (χ3v) is 5.93. The van der Waals surface area contributed by atoms with Gasteiger partial charge in [0.15, 0.2) is 11.5 Å². The van der Waals surface area contributed by atoms with Crippen LogP contribution in [0, 0.1) is 0 Å². The van der Waals surface area contributed by atoms with Crippen LogP contribution in [0.4, 0.5) is 0 Å². The van der Waals surface area contributed by atoms with Crippen LogP contribution in [0.25, 0.3) is 11.3 Å². The zero-order chi connectivity index (χ0) is 18.5. The summed E-state index contributed by atoms with van der Waals surface area (Å²) >= 11 is 1.75. The Labute approximate surface area is 163 Å². The number of rotatable bonds is 6. The number of carbonyl (C=O) groups is 1. The molecule has 6 heteroatoms. The zero-order valence-electron chi connectivity index (χ0n) is 15.1. The van der Waals surface area contributed by atoms with Crippen LogP contribution in [0.1, 0.15) is 40.7 Å². The van der Waals surface area contributed by atoms with Gasteiger partial charge in [-0.25, -0.2) is 0 Å². The molecule has 0 bridgehead atoms. The van der Waals surface area contributed by atoms with Crippen LogP contribution >= 0.6 is 11.3 Å². The molecule has 1 aromatic carbocycles. The highest BCUT2D eigenvalue weighted by Gasteiger charge is 2.24. The molecule has 1 amide bonds. The van der Waals surface area contributed by atoms with Gasteiger partial charge in [-0.05, 0) is 37.4 Å². The number of benzene rings is 1. The van der Waals surface area contributed by atoms with Gasteiger partial charge in [-0.15, -0.1) is 11.3 Å². The van der Waals surface area contributed by atoms with Crippen molar-refractivity contribution in [2.75, 3.05) is 19.6 Å². The fourth-order valence-corrected chi connectivity index (χ4v) is 4.38. The summed E-state index contributed by atoms with van der Waals surface area (Å²) in [6, 6.07) is 15.8. The second-order valence-corrected chi connectivity index (χ2v) is 7.76. The van der Waals surface area contributed by atoms with Crippen LogP contribution < -0.4 is 5.32 Å². The van der Waals surface area contributed by atoms with Crippen molar-refractivity contribution >= 4 is 17.2 Å². The van der Waals surface area contributed by atoms with E-state index in [2.05, 4.69) is 32.9 Å².